The number of nitrogens with one attached hydrogen (secondary N) is 2. The van der Waals surface area contributed by atoms with Crippen LogP contribution in [0.2, 0.25) is 0 Å². The van der Waals surface area contributed by atoms with Crippen LogP contribution in [0.4, 0.5) is 15.8 Å². The van der Waals surface area contributed by atoms with Crippen molar-refractivity contribution in [3.05, 3.63) is 56.7 Å². The van der Waals surface area contributed by atoms with Gasteiger partial charge in [-0.2, -0.15) is 0 Å². The average molecular weight is 430 g/mol. The van der Waals surface area contributed by atoms with Gasteiger partial charge in [0.05, 0.1) is 16.9 Å². The number of halogens is 3. The molecule has 0 unspecified atom stereocenters. The van der Waals surface area contributed by atoms with Gasteiger partial charge >= 0.3 is 0 Å². The minimum absolute atomic E-state index is 0.161. The highest BCUT2D eigenvalue weighted by Crippen LogP contribution is 2.27. The van der Waals surface area contributed by atoms with Gasteiger partial charge in [0.1, 0.15) is 5.82 Å². The Morgan fingerprint density at radius 3 is 2.41 bits per heavy atom. The highest BCUT2D eigenvalue weighted by Gasteiger charge is 2.14. The van der Waals surface area contributed by atoms with Crippen LogP contribution in [0.25, 0.3) is 0 Å². The van der Waals surface area contributed by atoms with E-state index in [1.54, 1.807) is 18.2 Å². The van der Waals surface area contributed by atoms with Crippen molar-refractivity contribution < 1.29 is 14.0 Å². The molecular weight excluding hydrogens is 419 g/mol. The van der Waals surface area contributed by atoms with E-state index in [2.05, 4.69) is 42.5 Å². The van der Waals surface area contributed by atoms with Crippen molar-refractivity contribution in [2.75, 3.05) is 10.6 Å². The summed E-state index contributed by atoms with van der Waals surface area (Å²) in [6.45, 7) is 1.37. The van der Waals surface area contributed by atoms with Crippen LogP contribution in [0.5, 0.6) is 0 Å². The minimum Gasteiger partial charge on any atom is -0.325 e. The van der Waals surface area contributed by atoms with Gasteiger partial charge in [0.25, 0.3) is 5.91 Å². The molecule has 4 nitrogen and oxygen atoms in total. The number of carbonyl (C=O) groups is 2. The van der Waals surface area contributed by atoms with E-state index in [0.29, 0.717) is 15.8 Å². The number of amides is 2. The summed E-state index contributed by atoms with van der Waals surface area (Å²) in [4.78, 5) is 23.5. The molecule has 2 amide bonds. The van der Waals surface area contributed by atoms with Gasteiger partial charge in [-0.25, -0.2) is 4.39 Å². The maximum atomic E-state index is 13.3. The van der Waals surface area contributed by atoms with Crippen molar-refractivity contribution >= 4 is 55.0 Å². The molecule has 2 rings (SSSR count). The molecule has 0 saturated heterocycles. The second kappa shape index (κ2) is 7.02. The van der Waals surface area contributed by atoms with Crippen LogP contribution in [0.15, 0.2) is 45.3 Å². The molecule has 0 fully saturated rings. The summed E-state index contributed by atoms with van der Waals surface area (Å²) in [5.74, 6) is -1.26. The van der Waals surface area contributed by atoms with Crippen molar-refractivity contribution in [3.8, 4) is 0 Å². The Balaban J connectivity index is 2.33. The summed E-state index contributed by atoms with van der Waals surface area (Å²) in [5.41, 5.74) is 1.02. The molecule has 22 heavy (non-hydrogen) atoms. The Bertz CT molecular complexity index is 750. The van der Waals surface area contributed by atoms with Gasteiger partial charge in [-0.05, 0) is 52.3 Å². The Morgan fingerprint density at radius 2 is 1.73 bits per heavy atom. The molecule has 0 radical (unpaired) electrons. The zero-order valence-corrected chi connectivity index (χ0v) is 14.6. The molecule has 0 aliphatic heterocycles. The van der Waals surface area contributed by atoms with Crippen LogP contribution >= 0.6 is 31.9 Å². The lowest BCUT2D eigenvalue weighted by atomic mass is 10.2. The first-order valence-corrected chi connectivity index (χ1v) is 7.79. The van der Waals surface area contributed by atoms with Gasteiger partial charge in [0, 0.05) is 15.9 Å². The normalized spacial score (nSPS) is 10.2. The molecule has 0 aliphatic carbocycles. The zero-order valence-electron chi connectivity index (χ0n) is 11.4. The van der Waals surface area contributed by atoms with Crippen LogP contribution < -0.4 is 10.6 Å². The molecule has 114 valence electrons. The molecular formula is C15H11Br2FN2O2. The van der Waals surface area contributed by atoms with Gasteiger partial charge in [-0.1, -0.05) is 15.9 Å². The Kier molecular flexibility index (Phi) is 5.31. The van der Waals surface area contributed by atoms with E-state index in [4.69, 9.17) is 0 Å². The maximum absolute atomic E-state index is 13.3. The maximum Gasteiger partial charge on any atom is 0.256 e. The first-order valence-electron chi connectivity index (χ1n) is 6.20. The summed E-state index contributed by atoms with van der Waals surface area (Å²) in [7, 11) is 0. The van der Waals surface area contributed by atoms with E-state index in [0.717, 1.165) is 10.5 Å². The number of benzene rings is 2. The summed E-state index contributed by atoms with van der Waals surface area (Å²) in [5, 5.41) is 5.28. The first-order chi connectivity index (χ1) is 10.4. The van der Waals surface area contributed by atoms with Crippen molar-refractivity contribution in [1.82, 2.24) is 0 Å². The number of hydrogen-bond donors (Lipinski definition) is 2. The van der Waals surface area contributed by atoms with E-state index < -0.39 is 11.7 Å². The number of rotatable bonds is 3. The van der Waals surface area contributed by atoms with E-state index in [1.807, 2.05) is 0 Å². The van der Waals surface area contributed by atoms with E-state index >= 15 is 0 Å². The fourth-order valence-electron chi connectivity index (χ4n) is 1.78. The summed E-state index contributed by atoms with van der Waals surface area (Å²) >= 11 is 6.51. The molecule has 0 saturated carbocycles. The molecule has 2 aromatic carbocycles. The summed E-state index contributed by atoms with van der Waals surface area (Å²) in [6, 6.07) is 8.88. The number of anilines is 2. The Morgan fingerprint density at radius 1 is 1.00 bits per heavy atom. The lowest BCUT2D eigenvalue weighted by Gasteiger charge is -2.12. The predicted octanol–water partition coefficient (Wildman–Crippen LogP) is 4.56. The third-order valence-electron chi connectivity index (χ3n) is 2.71. The SMILES string of the molecule is CC(=O)Nc1ccc(Br)cc1NC(=O)c1cc(F)ccc1Br. The molecule has 2 N–H and O–H groups in total. The summed E-state index contributed by atoms with van der Waals surface area (Å²) < 4.78 is 14.5. The second-order valence-corrected chi connectivity index (χ2v) is 6.22. The molecule has 2 aromatic rings. The highest BCUT2D eigenvalue weighted by molar-refractivity contribution is 9.10. The third-order valence-corrected chi connectivity index (χ3v) is 3.90. The van der Waals surface area contributed by atoms with Gasteiger partial charge in [0.15, 0.2) is 0 Å². The van der Waals surface area contributed by atoms with Crippen LogP contribution in [-0.2, 0) is 4.79 Å². The standard InChI is InChI=1S/C15H11Br2FN2O2/c1-8(21)19-13-5-2-9(16)6-14(13)20-15(22)11-7-10(18)3-4-12(11)17/h2-7H,1H3,(H,19,21)(H,20,22). The lowest BCUT2D eigenvalue weighted by Crippen LogP contribution is -2.16. The van der Waals surface area contributed by atoms with Crippen LogP contribution in [0.1, 0.15) is 17.3 Å². The van der Waals surface area contributed by atoms with Crippen LogP contribution in [0.3, 0.4) is 0 Å². The van der Waals surface area contributed by atoms with E-state index in [-0.39, 0.29) is 11.5 Å². The van der Waals surface area contributed by atoms with Crippen molar-refractivity contribution in [2.24, 2.45) is 0 Å². The van der Waals surface area contributed by atoms with Gasteiger partial charge in [0.2, 0.25) is 5.91 Å². The van der Waals surface area contributed by atoms with E-state index in [9.17, 15) is 14.0 Å². The molecule has 0 heterocycles. The smallest absolute Gasteiger partial charge is 0.256 e. The van der Waals surface area contributed by atoms with Crippen molar-refractivity contribution in [1.29, 1.82) is 0 Å². The van der Waals surface area contributed by atoms with Crippen molar-refractivity contribution in [2.45, 2.75) is 6.92 Å². The minimum atomic E-state index is -0.510. The Hall–Kier alpha value is -1.73. The fraction of sp³-hybridized carbons (Fsp3) is 0.0667. The lowest BCUT2D eigenvalue weighted by molar-refractivity contribution is -0.114. The molecule has 7 heteroatoms. The molecule has 0 atom stereocenters. The molecule has 0 bridgehead atoms. The van der Waals surface area contributed by atoms with Crippen LogP contribution in [-0.4, -0.2) is 11.8 Å². The predicted molar refractivity (Wildman–Crippen MR) is 90.5 cm³/mol. The highest BCUT2D eigenvalue weighted by atomic mass is 79.9. The first kappa shape index (κ1) is 16.6. The van der Waals surface area contributed by atoms with Crippen LogP contribution in [0, 0.1) is 5.82 Å². The van der Waals surface area contributed by atoms with Gasteiger partial charge in [-0.15, -0.1) is 0 Å². The van der Waals surface area contributed by atoms with Crippen molar-refractivity contribution in [3.63, 3.8) is 0 Å². The zero-order chi connectivity index (χ0) is 16.3. The summed E-state index contributed by atoms with van der Waals surface area (Å²) in [6.07, 6.45) is 0. The molecule has 0 aliphatic rings. The van der Waals surface area contributed by atoms with E-state index in [1.165, 1.54) is 19.1 Å². The third kappa shape index (κ3) is 4.14. The number of hydrogen-bond acceptors (Lipinski definition) is 2. The Labute approximate surface area is 143 Å². The topological polar surface area (TPSA) is 58.2 Å². The average Bonchev–Trinajstić information content (AvgIpc) is 2.44. The fourth-order valence-corrected chi connectivity index (χ4v) is 2.57. The quantitative estimate of drug-likeness (QED) is 0.751. The monoisotopic (exact) mass is 428 g/mol. The molecule has 0 spiro atoms. The molecule has 0 aromatic heterocycles. The number of carbonyl (C=O) groups excluding carboxylic acids is 2. The van der Waals surface area contributed by atoms with Gasteiger partial charge < -0.3 is 10.6 Å². The largest absolute Gasteiger partial charge is 0.325 e. The van der Waals surface area contributed by atoms with Gasteiger partial charge in [-0.3, -0.25) is 9.59 Å². The second-order valence-electron chi connectivity index (χ2n) is 4.45.